The van der Waals surface area contributed by atoms with Crippen molar-refractivity contribution in [1.29, 1.82) is 0 Å². The number of hydrogen-bond donors (Lipinski definition) is 0. The maximum absolute atomic E-state index is 14.8. The summed E-state index contributed by atoms with van der Waals surface area (Å²) in [6.07, 6.45) is 0.278. The third kappa shape index (κ3) is 4.74. The van der Waals surface area contributed by atoms with Crippen LogP contribution in [0.2, 0.25) is 5.02 Å². The van der Waals surface area contributed by atoms with Crippen molar-refractivity contribution in [2.75, 3.05) is 38.1 Å². The SMILES string of the molecule is Cc1cc(Cl)ccc1CCC(F)c1cccc(N2CCN(C)CC2)c1. The smallest absolute Gasteiger partial charge is 0.126 e. The monoisotopic (exact) mass is 360 g/mol. The van der Waals surface area contributed by atoms with Crippen LogP contribution in [0.15, 0.2) is 42.5 Å². The van der Waals surface area contributed by atoms with E-state index in [0.29, 0.717) is 6.42 Å². The molecule has 1 heterocycles. The summed E-state index contributed by atoms with van der Waals surface area (Å²) in [7, 11) is 2.14. The standard InChI is InChI=1S/C21H26ClFN2/c1-16-14-19(22)8-6-17(16)7-9-21(23)18-4-3-5-20(15-18)25-12-10-24(2)11-13-25/h3-6,8,14-15,21H,7,9-13H2,1-2H3. The quantitative estimate of drug-likeness (QED) is 0.736. The van der Waals surface area contributed by atoms with E-state index in [1.54, 1.807) is 0 Å². The summed E-state index contributed by atoms with van der Waals surface area (Å²) in [5.41, 5.74) is 4.21. The summed E-state index contributed by atoms with van der Waals surface area (Å²) in [6, 6.07) is 13.8. The zero-order valence-electron chi connectivity index (χ0n) is 15.0. The third-order valence-corrected chi connectivity index (χ3v) is 5.31. The molecule has 0 aromatic heterocycles. The summed E-state index contributed by atoms with van der Waals surface area (Å²) < 4.78 is 14.8. The summed E-state index contributed by atoms with van der Waals surface area (Å²) in [5, 5.41) is 0.734. The highest BCUT2D eigenvalue weighted by atomic mass is 35.5. The molecule has 0 amide bonds. The van der Waals surface area contributed by atoms with Crippen LogP contribution in [0.25, 0.3) is 0 Å². The Labute approximate surface area is 155 Å². The molecule has 0 bridgehead atoms. The molecule has 4 heteroatoms. The van der Waals surface area contributed by atoms with Gasteiger partial charge in [-0.2, -0.15) is 0 Å². The molecule has 2 aromatic rings. The van der Waals surface area contributed by atoms with Gasteiger partial charge in [-0.25, -0.2) is 4.39 Å². The molecule has 1 aliphatic heterocycles. The molecule has 0 N–H and O–H groups in total. The van der Waals surface area contributed by atoms with E-state index in [2.05, 4.69) is 22.9 Å². The van der Waals surface area contributed by atoms with Crippen LogP contribution >= 0.6 is 11.6 Å². The van der Waals surface area contributed by atoms with Crippen LogP contribution in [0.4, 0.5) is 10.1 Å². The van der Waals surface area contributed by atoms with Gasteiger partial charge >= 0.3 is 0 Å². The topological polar surface area (TPSA) is 6.48 Å². The lowest BCUT2D eigenvalue weighted by Crippen LogP contribution is -2.44. The van der Waals surface area contributed by atoms with Gasteiger partial charge in [0, 0.05) is 36.9 Å². The van der Waals surface area contributed by atoms with E-state index >= 15 is 0 Å². The highest BCUT2D eigenvalue weighted by molar-refractivity contribution is 6.30. The van der Waals surface area contributed by atoms with Crippen molar-refractivity contribution in [2.24, 2.45) is 0 Å². The molecule has 25 heavy (non-hydrogen) atoms. The molecule has 0 radical (unpaired) electrons. The molecule has 0 saturated carbocycles. The van der Waals surface area contributed by atoms with Crippen LogP contribution in [-0.2, 0) is 6.42 Å². The maximum Gasteiger partial charge on any atom is 0.126 e. The minimum absolute atomic E-state index is 0.495. The normalized spacial score (nSPS) is 16.9. The number of likely N-dealkylation sites (N-methyl/N-ethyl adjacent to an activating group) is 1. The molecule has 1 atom stereocenters. The maximum atomic E-state index is 14.8. The van der Waals surface area contributed by atoms with Crippen molar-refractivity contribution in [3.63, 3.8) is 0 Å². The van der Waals surface area contributed by atoms with Crippen LogP contribution in [0, 0.1) is 6.92 Å². The fourth-order valence-corrected chi connectivity index (χ4v) is 3.60. The molecule has 1 aliphatic rings. The van der Waals surface area contributed by atoms with Gasteiger partial charge in [0.05, 0.1) is 0 Å². The number of piperazine rings is 1. The Balaban J connectivity index is 1.64. The minimum Gasteiger partial charge on any atom is -0.369 e. The zero-order valence-corrected chi connectivity index (χ0v) is 15.8. The molecule has 1 unspecified atom stereocenters. The number of anilines is 1. The lowest BCUT2D eigenvalue weighted by molar-refractivity contribution is 0.312. The van der Waals surface area contributed by atoms with Gasteiger partial charge in [0.1, 0.15) is 6.17 Å². The summed E-state index contributed by atoms with van der Waals surface area (Å²) in [6.45, 7) is 6.14. The van der Waals surface area contributed by atoms with Gasteiger partial charge in [-0.3, -0.25) is 0 Å². The predicted molar refractivity (Wildman–Crippen MR) is 105 cm³/mol. The zero-order chi connectivity index (χ0) is 17.8. The van der Waals surface area contributed by atoms with Crippen LogP contribution in [0.5, 0.6) is 0 Å². The van der Waals surface area contributed by atoms with Crippen molar-refractivity contribution in [3.8, 4) is 0 Å². The van der Waals surface area contributed by atoms with Gasteiger partial charge in [-0.15, -0.1) is 0 Å². The van der Waals surface area contributed by atoms with Crippen LogP contribution < -0.4 is 4.90 Å². The van der Waals surface area contributed by atoms with E-state index in [9.17, 15) is 4.39 Å². The number of hydrogen-bond acceptors (Lipinski definition) is 2. The summed E-state index contributed by atoms with van der Waals surface area (Å²) in [5.74, 6) is 0. The lowest BCUT2D eigenvalue weighted by Gasteiger charge is -2.34. The predicted octanol–water partition coefficient (Wildman–Crippen LogP) is 5.04. The fraction of sp³-hybridized carbons (Fsp3) is 0.429. The largest absolute Gasteiger partial charge is 0.369 e. The molecule has 2 nitrogen and oxygen atoms in total. The molecule has 3 rings (SSSR count). The van der Waals surface area contributed by atoms with Crippen molar-refractivity contribution in [1.82, 2.24) is 4.90 Å². The van der Waals surface area contributed by atoms with Gasteiger partial charge < -0.3 is 9.80 Å². The molecule has 0 spiro atoms. The lowest BCUT2D eigenvalue weighted by atomic mass is 9.99. The van der Waals surface area contributed by atoms with Gasteiger partial charge in [0.25, 0.3) is 0 Å². The first-order valence-corrected chi connectivity index (χ1v) is 9.33. The highest BCUT2D eigenvalue weighted by Crippen LogP contribution is 2.28. The van der Waals surface area contributed by atoms with Crippen molar-refractivity contribution >= 4 is 17.3 Å². The van der Waals surface area contributed by atoms with Gasteiger partial charge in [-0.1, -0.05) is 29.8 Å². The number of alkyl halides is 1. The van der Waals surface area contributed by atoms with E-state index < -0.39 is 6.17 Å². The second-order valence-electron chi connectivity index (χ2n) is 6.96. The second-order valence-corrected chi connectivity index (χ2v) is 7.40. The first kappa shape index (κ1) is 18.2. The molecule has 134 valence electrons. The molecule has 2 aromatic carbocycles. The fourth-order valence-electron chi connectivity index (χ4n) is 3.37. The second kappa shape index (κ2) is 8.20. The highest BCUT2D eigenvalue weighted by Gasteiger charge is 2.16. The Hall–Kier alpha value is -1.58. The number of halogens is 2. The van der Waals surface area contributed by atoms with E-state index in [0.717, 1.165) is 54.4 Å². The Morgan fingerprint density at radius 2 is 1.84 bits per heavy atom. The molecule has 0 aliphatic carbocycles. The van der Waals surface area contributed by atoms with E-state index in [4.69, 9.17) is 11.6 Å². The first-order valence-electron chi connectivity index (χ1n) is 8.95. The van der Waals surface area contributed by atoms with Crippen LogP contribution in [0.1, 0.15) is 29.3 Å². The average molecular weight is 361 g/mol. The Kier molecular flexibility index (Phi) is 5.98. The molecule has 1 fully saturated rings. The van der Waals surface area contributed by atoms with Gasteiger partial charge in [-0.05, 0) is 67.8 Å². The number of rotatable bonds is 5. The summed E-state index contributed by atoms with van der Waals surface area (Å²) >= 11 is 5.99. The summed E-state index contributed by atoms with van der Waals surface area (Å²) in [4.78, 5) is 4.67. The Morgan fingerprint density at radius 3 is 2.56 bits per heavy atom. The minimum atomic E-state index is -0.942. The average Bonchev–Trinajstić information content (AvgIpc) is 2.61. The van der Waals surface area contributed by atoms with Crippen LogP contribution in [0.3, 0.4) is 0 Å². The Bertz CT molecular complexity index is 711. The van der Waals surface area contributed by atoms with Gasteiger partial charge in [0.15, 0.2) is 0 Å². The Morgan fingerprint density at radius 1 is 1.08 bits per heavy atom. The number of aryl methyl sites for hydroxylation is 2. The number of benzene rings is 2. The van der Waals surface area contributed by atoms with E-state index in [1.807, 2.05) is 43.3 Å². The van der Waals surface area contributed by atoms with E-state index in [-0.39, 0.29) is 0 Å². The van der Waals surface area contributed by atoms with Crippen molar-refractivity contribution in [3.05, 3.63) is 64.2 Å². The molecular formula is C21H26ClFN2. The molecule has 1 saturated heterocycles. The van der Waals surface area contributed by atoms with E-state index in [1.165, 1.54) is 5.56 Å². The van der Waals surface area contributed by atoms with Crippen molar-refractivity contribution in [2.45, 2.75) is 25.9 Å². The molecular weight excluding hydrogens is 335 g/mol. The van der Waals surface area contributed by atoms with Crippen molar-refractivity contribution < 1.29 is 4.39 Å². The first-order chi connectivity index (χ1) is 12.0. The third-order valence-electron chi connectivity index (χ3n) is 5.07. The number of nitrogens with zero attached hydrogens (tertiary/aromatic N) is 2. The van der Waals surface area contributed by atoms with Gasteiger partial charge in [0.2, 0.25) is 0 Å². The van der Waals surface area contributed by atoms with Crippen LogP contribution in [-0.4, -0.2) is 38.1 Å².